The van der Waals surface area contributed by atoms with Crippen molar-refractivity contribution in [1.29, 1.82) is 0 Å². The first-order valence-electron chi connectivity index (χ1n) is 9.51. The van der Waals surface area contributed by atoms with Crippen LogP contribution in [0, 0.1) is 5.41 Å². The van der Waals surface area contributed by atoms with E-state index in [0.717, 1.165) is 43.1 Å². The van der Waals surface area contributed by atoms with Gasteiger partial charge < -0.3 is 19.3 Å². The number of fused-ring (bicyclic) bond motifs is 1. The normalized spacial score (nSPS) is 22.0. The van der Waals surface area contributed by atoms with Gasteiger partial charge in [-0.1, -0.05) is 19.1 Å². The number of benzene rings is 2. The lowest BCUT2D eigenvalue weighted by Gasteiger charge is -2.41. The average molecular weight is 369 g/mol. The van der Waals surface area contributed by atoms with Crippen LogP contribution in [0.3, 0.4) is 0 Å². The molecule has 2 aliphatic heterocycles. The van der Waals surface area contributed by atoms with Crippen LogP contribution in [0.1, 0.15) is 30.9 Å². The van der Waals surface area contributed by atoms with Gasteiger partial charge in [0, 0.05) is 13.1 Å². The summed E-state index contributed by atoms with van der Waals surface area (Å²) in [5, 5.41) is 10.0. The Morgan fingerprint density at radius 3 is 2.74 bits per heavy atom. The van der Waals surface area contributed by atoms with Gasteiger partial charge in [-0.05, 0) is 66.6 Å². The molecule has 4 rings (SSSR count). The number of phenols is 1. The molecule has 0 radical (unpaired) electrons. The molecule has 1 saturated heterocycles. The first-order chi connectivity index (χ1) is 13.0. The van der Waals surface area contributed by atoms with Crippen molar-refractivity contribution in [3.05, 3.63) is 47.5 Å². The van der Waals surface area contributed by atoms with E-state index in [-0.39, 0.29) is 11.2 Å². The minimum atomic E-state index is 0.204. The monoisotopic (exact) mass is 369 g/mol. The molecule has 5 heteroatoms. The number of hydrogen-bond donors (Lipinski definition) is 1. The summed E-state index contributed by atoms with van der Waals surface area (Å²) in [6.45, 7) is 5.65. The van der Waals surface area contributed by atoms with Gasteiger partial charge in [0.1, 0.15) is 0 Å². The van der Waals surface area contributed by atoms with E-state index < -0.39 is 0 Å². The second-order valence-corrected chi connectivity index (χ2v) is 8.00. The number of nitrogens with zero attached hydrogens (tertiary/aromatic N) is 1. The molecular formula is C22H27NO4. The van der Waals surface area contributed by atoms with Crippen LogP contribution in [-0.4, -0.2) is 37.0 Å². The van der Waals surface area contributed by atoms with E-state index in [0.29, 0.717) is 12.5 Å². The maximum absolute atomic E-state index is 10.0. The van der Waals surface area contributed by atoms with Crippen LogP contribution >= 0.6 is 0 Å². The van der Waals surface area contributed by atoms with E-state index in [1.54, 1.807) is 7.11 Å². The third-order valence-electron chi connectivity index (χ3n) is 5.58. The van der Waals surface area contributed by atoms with Gasteiger partial charge in [-0.2, -0.15) is 0 Å². The van der Waals surface area contributed by atoms with Crippen LogP contribution in [-0.2, 0) is 13.0 Å². The minimum Gasteiger partial charge on any atom is -0.504 e. The second-order valence-electron chi connectivity index (χ2n) is 8.00. The Morgan fingerprint density at radius 1 is 1.11 bits per heavy atom. The highest BCUT2D eigenvalue weighted by Crippen LogP contribution is 2.38. The molecule has 2 aliphatic rings. The van der Waals surface area contributed by atoms with Crippen LogP contribution in [0.2, 0.25) is 0 Å². The van der Waals surface area contributed by atoms with Crippen molar-refractivity contribution < 1.29 is 19.3 Å². The molecule has 144 valence electrons. The Labute approximate surface area is 160 Å². The Kier molecular flexibility index (Phi) is 4.87. The van der Waals surface area contributed by atoms with Gasteiger partial charge in [0.25, 0.3) is 0 Å². The number of ether oxygens (including phenoxy) is 3. The minimum absolute atomic E-state index is 0.204. The van der Waals surface area contributed by atoms with Crippen molar-refractivity contribution in [2.45, 2.75) is 32.7 Å². The summed E-state index contributed by atoms with van der Waals surface area (Å²) in [5.74, 6) is 2.42. The number of hydrogen-bond acceptors (Lipinski definition) is 5. The first-order valence-corrected chi connectivity index (χ1v) is 9.51. The first kappa shape index (κ1) is 18.0. The van der Waals surface area contributed by atoms with Gasteiger partial charge >= 0.3 is 0 Å². The molecule has 2 aromatic rings. The molecular weight excluding hydrogens is 342 g/mol. The van der Waals surface area contributed by atoms with Gasteiger partial charge in [0.2, 0.25) is 6.79 Å². The van der Waals surface area contributed by atoms with Crippen molar-refractivity contribution in [1.82, 2.24) is 4.90 Å². The van der Waals surface area contributed by atoms with Crippen molar-refractivity contribution in [3.8, 4) is 23.0 Å². The highest BCUT2D eigenvalue weighted by atomic mass is 16.7. The maximum Gasteiger partial charge on any atom is 0.231 e. The molecule has 2 heterocycles. The fourth-order valence-corrected chi connectivity index (χ4v) is 4.34. The summed E-state index contributed by atoms with van der Waals surface area (Å²) in [7, 11) is 1.57. The summed E-state index contributed by atoms with van der Waals surface area (Å²) in [5.41, 5.74) is 2.63. The largest absolute Gasteiger partial charge is 0.504 e. The number of methoxy groups -OCH3 is 1. The van der Waals surface area contributed by atoms with Crippen LogP contribution in [0.15, 0.2) is 36.4 Å². The molecule has 0 aliphatic carbocycles. The van der Waals surface area contributed by atoms with E-state index in [4.69, 9.17) is 14.2 Å². The Morgan fingerprint density at radius 2 is 1.93 bits per heavy atom. The van der Waals surface area contributed by atoms with Gasteiger partial charge in [-0.25, -0.2) is 0 Å². The SMILES string of the molecule is COc1ccc(CN2CCCC(C)(Cc3ccc4c(c3)OCO4)C2)cc1O. The molecule has 0 spiro atoms. The van der Waals surface area contributed by atoms with E-state index in [9.17, 15) is 5.11 Å². The third kappa shape index (κ3) is 3.98. The lowest BCUT2D eigenvalue weighted by Crippen LogP contribution is -2.42. The predicted octanol–water partition coefficient (Wildman–Crippen LogP) is 3.97. The second kappa shape index (κ2) is 7.31. The third-order valence-corrected chi connectivity index (χ3v) is 5.58. The Hall–Kier alpha value is -2.40. The van der Waals surface area contributed by atoms with Crippen molar-refractivity contribution in [2.75, 3.05) is 27.0 Å². The lowest BCUT2D eigenvalue weighted by atomic mass is 9.77. The highest BCUT2D eigenvalue weighted by molar-refractivity contribution is 5.45. The zero-order chi connectivity index (χ0) is 18.9. The van der Waals surface area contributed by atoms with Crippen LogP contribution < -0.4 is 14.2 Å². The van der Waals surface area contributed by atoms with Gasteiger partial charge in [0.15, 0.2) is 23.0 Å². The Bertz CT molecular complexity index is 822. The summed E-state index contributed by atoms with van der Waals surface area (Å²) < 4.78 is 16.1. The van der Waals surface area contributed by atoms with Crippen LogP contribution in [0.25, 0.3) is 0 Å². The van der Waals surface area contributed by atoms with Crippen LogP contribution in [0.5, 0.6) is 23.0 Å². The zero-order valence-corrected chi connectivity index (χ0v) is 16.0. The lowest BCUT2D eigenvalue weighted by molar-refractivity contribution is 0.0969. The van der Waals surface area contributed by atoms with Gasteiger partial charge in [-0.3, -0.25) is 4.90 Å². The molecule has 1 unspecified atom stereocenters. The molecule has 2 aromatic carbocycles. The summed E-state index contributed by atoms with van der Waals surface area (Å²) in [6.07, 6.45) is 3.42. The molecule has 5 nitrogen and oxygen atoms in total. The quantitative estimate of drug-likeness (QED) is 0.864. The maximum atomic E-state index is 10.0. The van der Waals surface area contributed by atoms with Crippen molar-refractivity contribution in [2.24, 2.45) is 5.41 Å². The smallest absolute Gasteiger partial charge is 0.231 e. The average Bonchev–Trinajstić information content (AvgIpc) is 3.09. The van der Waals surface area contributed by atoms with E-state index >= 15 is 0 Å². The molecule has 0 aromatic heterocycles. The number of piperidine rings is 1. The Balaban J connectivity index is 1.43. The molecule has 1 N–H and O–H groups in total. The van der Waals surface area contributed by atoms with E-state index in [1.165, 1.54) is 18.4 Å². The number of aromatic hydroxyl groups is 1. The molecule has 0 bridgehead atoms. The molecule has 0 saturated carbocycles. The standard InChI is InChI=1S/C22H27NO4/c1-22(12-16-4-7-20-21(11-16)27-15-26-20)8-3-9-23(14-22)13-17-5-6-19(25-2)18(24)10-17/h4-7,10-11,24H,3,8-9,12-15H2,1-2H3. The van der Waals surface area contributed by atoms with E-state index in [2.05, 4.69) is 24.0 Å². The summed E-state index contributed by atoms with van der Waals surface area (Å²) in [6, 6.07) is 12.0. The molecule has 0 amide bonds. The molecule has 1 fully saturated rings. The number of phenolic OH excluding ortho intramolecular Hbond substituents is 1. The summed E-state index contributed by atoms with van der Waals surface area (Å²) >= 11 is 0. The predicted molar refractivity (Wildman–Crippen MR) is 104 cm³/mol. The molecule has 1 atom stereocenters. The number of likely N-dealkylation sites (tertiary alicyclic amines) is 1. The highest BCUT2D eigenvalue weighted by Gasteiger charge is 2.31. The fraction of sp³-hybridized carbons (Fsp3) is 0.455. The number of rotatable bonds is 5. The van der Waals surface area contributed by atoms with Gasteiger partial charge in [0.05, 0.1) is 7.11 Å². The zero-order valence-electron chi connectivity index (χ0n) is 16.0. The van der Waals surface area contributed by atoms with E-state index in [1.807, 2.05) is 24.3 Å². The topological polar surface area (TPSA) is 51.2 Å². The van der Waals surface area contributed by atoms with Crippen molar-refractivity contribution >= 4 is 0 Å². The summed E-state index contributed by atoms with van der Waals surface area (Å²) in [4.78, 5) is 2.48. The van der Waals surface area contributed by atoms with Gasteiger partial charge in [-0.15, -0.1) is 0 Å². The van der Waals surface area contributed by atoms with Crippen molar-refractivity contribution in [3.63, 3.8) is 0 Å². The fourth-order valence-electron chi connectivity index (χ4n) is 4.34. The molecule has 27 heavy (non-hydrogen) atoms. The van der Waals surface area contributed by atoms with Crippen LogP contribution in [0.4, 0.5) is 0 Å².